The van der Waals surface area contributed by atoms with Gasteiger partial charge in [-0.2, -0.15) is 5.10 Å². The highest BCUT2D eigenvalue weighted by Gasteiger charge is 2.06. The normalized spacial score (nSPS) is 10.4. The van der Waals surface area contributed by atoms with Crippen LogP contribution in [0.1, 0.15) is 11.1 Å². The molecule has 2 N–H and O–H groups in total. The monoisotopic (exact) mass is 385 g/mol. The summed E-state index contributed by atoms with van der Waals surface area (Å²) in [4.78, 5) is 16.3. The molecule has 0 bridgehead atoms. The third-order valence-electron chi connectivity index (χ3n) is 3.44. The summed E-state index contributed by atoms with van der Waals surface area (Å²) < 4.78 is 2.66. The van der Waals surface area contributed by atoms with Gasteiger partial charge in [0.15, 0.2) is 5.82 Å². The van der Waals surface area contributed by atoms with Gasteiger partial charge in [0.2, 0.25) is 0 Å². The molecule has 3 rings (SSSR count). The number of aryl methyl sites for hydroxylation is 1. The molecule has 0 aliphatic heterocycles. The third kappa shape index (κ3) is 3.99. The van der Waals surface area contributed by atoms with Crippen LogP contribution in [0.25, 0.3) is 5.82 Å². The number of aromatic nitrogens is 3. The Hall–Kier alpha value is -2.67. The number of carbonyl (C=O) groups is 1. The van der Waals surface area contributed by atoms with Crippen LogP contribution in [-0.4, -0.2) is 20.8 Å². The SMILES string of the molecule is Cc1cc(Br)ccc1NC(=O)NCc1ccnc(-n2cccn2)c1. The van der Waals surface area contributed by atoms with E-state index in [0.29, 0.717) is 12.4 Å². The van der Waals surface area contributed by atoms with E-state index in [1.807, 2.05) is 49.5 Å². The third-order valence-corrected chi connectivity index (χ3v) is 3.93. The van der Waals surface area contributed by atoms with E-state index in [0.717, 1.165) is 21.3 Å². The predicted octanol–water partition coefficient (Wildman–Crippen LogP) is 3.66. The van der Waals surface area contributed by atoms with E-state index in [2.05, 4.69) is 36.6 Å². The van der Waals surface area contributed by atoms with E-state index in [1.54, 1.807) is 17.1 Å². The van der Waals surface area contributed by atoms with Crippen LogP contribution in [0, 0.1) is 6.92 Å². The topological polar surface area (TPSA) is 71.8 Å². The molecule has 0 spiro atoms. The van der Waals surface area contributed by atoms with Crippen LogP contribution in [-0.2, 0) is 6.54 Å². The Balaban J connectivity index is 1.61. The molecule has 1 aromatic carbocycles. The zero-order valence-corrected chi connectivity index (χ0v) is 14.6. The first-order valence-corrected chi connectivity index (χ1v) is 8.17. The summed E-state index contributed by atoms with van der Waals surface area (Å²) in [7, 11) is 0. The molecule has 0 saturated heterocycles. The number of rotatable bonds is 4. The Morgan fingerprint density at radius 3 is 2.88 bits per heavy atom. The van der Waals surface area contributed by atoms with Crippen molar-refractivity contribution < 1.29 is 4.79 Å². The van der Waals surface area contributed by atoms with Gasteiger partial charge < -0.3 is 10.6 Å². The van der Waals surface area contributed by atoms with Gasteiger partial charge in [0, 0.05) is 35.3 Å². The van der Waals surface area contributed by atoms with Gasteiger partial charge in [0.25, 0.3) is 0 Å². The van der Waals surface area contributed by atoms with Crippen LogP contribution in [0.4, 0.5) is 10.5 Å². The fourth-order valence-corrected chi connectivity index (χ4v) is 2.69. The molecule has 0 saturated carbocycles. The molecule has 122 valence electrons. The zero-order valence-electron chi connectivity index (χ0n) is 13.0. The van der Waals surface area contributed by atoms with Crippen LogP contribution in [0.5, 0.6) is 0 Å². The number of nitrogens with zero attached hydrogens (tertiary/aromatic N) is 3. The molecule has 0 radical (unpaired) electrons. The molecule has 24 heavy (non-hydrogen) atoms. The van der Waals surface area contributed by atoms with E-state index in [-0.39, 0.29) is 6.03 Å². The highest BCUT2D eigenvalue weighted by atomic mass is 79.9. The fraction of sp³-hybridized carbons (Fsp3) is 0.118. The largest absolute Gasteiger partial charge is 0.334 e. The van der Waals surface area contributed by atoms with Crippen molar-refractivity contribution in [1.82, 2.24) is 20.1 Å². The molecule has 7 heteroatoms. The molecule has 0 fully saturated rings. The molecule has 0 aliphatic rings. The Bertz CT molecular complexity index is 848. The standard InChI is InChI=1S/C17H16BrN5O/c1-12-9-14(18)3-4-15(12)22-17(24)20-11-13-5-7-19-16(10-13)23-8-2-6-21-23/h2-10H,11H2,1H3,(H2,20,22,24). The number of hydrogen-bond donors (Lipinski definition) is 2. The molecular formula is C17H16BrN5O. The predicted molar refractivity (Wildman–Crippen MR) is 96.1 cm³/mol. The summed E-state index contributed by atoms with van der Waals surface area (Å²) in [5, 5.41) is 9.83. The van der Waals surface area contributed by atoms with E-state index in [9.17, 15) is 4.79 Å². The number of carbonyl (C=O) groups excluding carboxylic acids is 1. The van der Waals surface area contributed by atoms with Crippen LogP contribution >= 0.6 is 15.9 Å². The first-order chi connectivity index (χ1) is 11.6. The van der Waals surface area contributed by atoms with Crippen LogP contribution < -0.4 is 10.6 Å². The second kappa shape index (κ2) is 7.27. The summed E-state index contributed by atoms with van der Waals surface area (Å²) in [6, 6.07) is 11.0. The van der Waals surface area contributed by atoms with Crippen molar-refractivity contribution in [3.8, 4) is 5.82 Å². The minimum absolute atomic E-state index is 0.252. The lowest BCUT2D eigenvalue weighted by atomic mass is 10.2. The highest BCUT2D eigenvalue weighted by Crippen LogP contribution is 2.19. The maximum absolute atomic E-state index is 12.1. The molecule has 3 aromatic rings. The fourth-order valence-electron chi connectivity index (χ4n) is 2.22. The molecule has 0 atom stereocenters. The van der Waals surface area contributed by atoms with Crippen molar-refractivity contribution in [3.05, 3.63) is 70.6 Å². The van der Waals surface area contributed by atoms with Gasteiger partial charge >= 0.3 is 6.03 Å². The molecule has 2 heterocycles. The Morgan fingerprint density at radius 1 is 1.25 bits per heavy atom. The van der Waals surface area contributed by atoms with Gasteiger partial charge in [0.05, 0.1) is 0 Å². The van der Waals surface area contributed by atoms with Gasteiger partial charge in [-0.05, 0) is 54.4 Å². The lowest BCUT2D eigenvalue weighted by Crippen LogP contribution is -2.28. The Kier molecular flexibility index (Phi) is 4.90. The number of anilines is 1. The highest BCUT2D eigenvalue weighted by molar-refractivity contribution is 9.10. The van der Waals surface area contributed by atoms with Gasteiger partial charge in [0.1, 0.15) is 0 Å². The maximum atomic E-state index is 12.1. The molecule has 2 amide bonds. The number of urea groups is 1. The average Bonchev–Trinajstić information content (AvgIpc) is 3.10. The van der Waals surface area contributed by atoms with Gasteiger partial charge in [-0.3, -0.25) is 0 Å². The van der Waals surface area contributed by atoms with Crippen molar-refractivity contribution in [2.24, 2.45) is 0 Å². The lowest BCUT2D eigenvalue weighted by molar-refractivity contribution is 0.251. The quantitative estimate of drug-likeness (QED) is 0.719. The summed E-state index contributed by atoms with van der Waals surface area (Å²) >= 11 is 3.41. The van der Waals surface area contributed by atoms with Crippen molar-refractivity contribution >= 4 is 27.6 Å². The smallest absolute Gasteiger partial charge is 0.319 e. The number of pyridine rings is 1. The van der Waals surface area contributed by atoms with Crippen LogP contribution in [0.3, 0.4) is 0 Å². The van der Waals surface area contributed by atoms with Crippen molar-refractivity contribution in [1.29, 1.82) is 0 Å². The lowest BCUT2D eigenvalue weighted by Gasteiger charge is -2.10. The summed E-state index contributed by atoms with van der Waals surface area (Å²) in [5.74, 6) is 0.712. The van der Waals surface area contributed by atoms with Crippen LogP contribution in [0.2, 0.25) is 0 Å². The Morgan fingerprint density at radius 2 is 2.12 bits per heavy atom. The average molecular weight is 386 g/mol. The van der Waals surface area contributed by atoms with E-state index >= 15 is 0 Å². The second-order valence-electron chi connectivity index (χ2n) is 5.24. The van der Waals surface area contributed by atoms with Gasteiger partial charge in [-0.25, -0.2) is 14.5 Å². The Labute approximate surface area is 148 Å². The van der Waals surface area contributed by atoms with Gasteiger partial charge in [-0.1, -0.05) is 15.9 Å². The number of halogens is 1. The molecule has 6 nitrogen and oxygen atoms in total. The number of nitrogens with one attached hydrogen (secondary N) is 2. The zero-order chi connectivity index (χ0) is 16.9. The van der Waals surface area contributed by atoms with Crippen molar-refractivity contribution in [2.75, 3.05) is 5.32 Å². The number of benzene rings is 1. The summed E-state index contributed by atoms with van der Waals surface area (Å²) in [5.41, 5.74) is 2.71. The molecule has 2 aromatic heterocycles. The van der Waals surface area contributed by atoms with Crippen molar-refractivity contribution in [2.45, 2.75) is 13.5 Å². The molecular weight excluding hydrogens is 370 g/mol. The first kappa shape index (κ1) is 16.2. The van der Waals surface area contributed by atoms with Gasteiger partial charge in [-0.15, -0.1) is 0 Å². The summed E-state index contributed by atoms with van der Waals surface area (Å²) in [6.07, 6.45) is 5.22. The van der Waals surface area contributed by atoms with Crippen LogP contribution in [0.15, 0.2) is 59.5 Å². The number of hydrogen-bond acceptors (Lipinski definition) is 3. The maximum Gasteiger partial charge on any atom is 0.319 e. The van der Waals surface area contributed by atoms with E-state index in [4.69, 9.17) is 0 Å². The molecule has 0 unspecified atom stereocenters. The molecule has 0 aliphatic carbocycles. The second-order valence-corrected chi connectivity index (χ2v) is 6.16. The number of amides is 2. The summed E-state index contributed by atoms with van der Waals surface area (Å²) in [6.45, 7) is 2.35. The minimum Gasteiger partial charge on any atom is -0.334 e. The minimum atomic E-state index is -0.252. The first-order valence-electron chi connectivity index (χ1n) is 7.38. The van der Waals surface area contributed by atoms with E-state index < -0.39 is 0 Å². The van der Waals surface area contributed by atoms with Crippen molar-refractivity contribution in [3.63, 3.8) is 0 Å². The van der Waals surface area contributed by atoms with E-state index in [1.165, 1.54) is 0 Å².